The molecule has 1 fully saturated rings. The molecule has 22 heavy (non-hydrogen) atoms. The van der Waals surface area contributed by atoms with Crippen LogP contribution in [0.25, 0.3) is 11.3 Å². The molecule has 1 aliphatic heterocycles. The van der Waals surface area contributed by atoms with E-state index in [2.05, 4.69) is 17.1 Å². The van der Waals surface area contributed by atoms with E-state index in [0.717, 1.165) is 24.3 Å². The Morgan fingerprint density at radius 3 is 2.86 bits per heavy atom. The van der Waals surface area contributed by atoms with E-state index in [1.807, 2.05) is 17.0 Å². The van der Waals surface area contributed by atoms with Gasteiger partial charge in [0, 0.05) is 32.2 Å². The van der Waals surface area contributed by atoms with Gasteiger partial charge in [-0.1, -0.05) is 24.3 Å². The second-order valence-electron chi connectivity index (χ2n) is 5.67. The van der Waals surface area contributed by atoms with E-state index >= 15 is 0 Å². The largest absolute Gasteiger partial charge is 0.444 e. The lowest BCUT2D eigenvalue weighted by Gasteiger charge is -2.16. The van der Waals surface area contributed by atoms with Crippen LogP contribution < -0.4 is 0 Å². The Kier molecular flexibility index (Phi) is 4.53. The quantitative estimate of drug-likeness (QED) is 0.822. The maximum Gasteiger partial charge on any atom is 0.223 e. The van der Waals surface area contributed by atoms with Crippen LogP contribution in [0.15, 0.2) is 41.3 Å². The number of amides is 1. The SMILES string of the molecule is COCCN1CC(Cc2ccc(-c3cnco3)cc2)CC1=O. The van der Waals surface area contributed by atoms with E-state index in [-0.39, 0.29) is 5.91 Å². The first-order valence-corrected chi connectivity index (χ1v) is 7.51. The maximum atomic E-state index is 11.9. The summed E-state index contributed by atoms with van der Waals surface area (Å²) in [7, 11) is 1.66. The normalized spacial score (nSPS) is 18.1. The molecule has 2 heterocycles. The van der Waals surface area contributed by atoms with Crippen LogP contribution in [0.5, 0.6) is 0 Å². The van der Waals surface area contributed by atoms with Gasteiger partial charge >= 0.3 is 0 Å². The number of carbonyl (C=O) groups excluding carboxylic acids is 1. The van der Waals surface area contributed by atoms with E-state index in [0.29, 0.717) is 25.5 Å². The predicted molar refractivity (Wildman–Crippen MR) is 82.2 cm³/mol. The van der Waals surface area contributed by atoms with Gasteiger partial charge in [0.15, 0.2) is 12.2 Å². The van der Waals surface area contributed by atoms with Crippen molar-refractivity contribution in [2.24, 2.45) is 5.92 Å². The Hall–Kier alpha value is -2.14. The molecule has 0 spiro atoms. The molecule has 1 aromatic carbocycles. The lowest BCUT2D eigenvalue weighted by Crippen LogP contribution is -2.28. The summed E-state index contributed by atoms with van der Waals surface area (Å²) in [5.74, 6) is 1.40. The van der Waals surface area contributed by atoms with Crippen LogP contribution in [0.2, 0.25) is 0 Å². The zero-order chi connectivity index (χ0) is 15.4. The molecule has 0 aliphatic carbocycles. The van der Waals surface area contributed by atoms with Gasteiger partial charge in [0.2, 0.25) is 5.91 Å². The van der Waals surface area contributed by atoms with Crippen molar-refractivity contribution < 1.29 is 13.9 Å². The summed E-state index contributed by atoms with van der Waals surface area (Å²) < 4.78 is 10.3. The molecule has 1 atom stereocenters. The molecule has 2 aromatic rings. The number of ether oxygens (including phenoxy) is 1. The minimum Gasteiger partial charge on any atom is -0.444 e. The highest BCUT2D eigenvalue weighted by Gasteiger charge is 2.29. The summed E-state index contributed by atoms with van der Waals surface area (Å²) >= 11 is 0. The number of nitrogens with zero attached hydrogens (tertiary/aromatic N) is 2. The monoisotopic (exact) mass is 300 g/mol. The second-order valence-corrected chi connectivity index (χ2v) is 5.67. The topological polar surface area (TPSA) is 55.6 Å². The van der Waals surface area contributed by atoms with Gasteiger partial charge in [0.05, 0.1) is 12.8 Å². The average Bonchev–Trinajstić information content (AvgIpc) is 3.16. The van der Waals surface area contributed by atoms with E-state index in [4.69, 9.17) is 9.15 Å². The molecule has 3 rings (SSSR count). The van der Waals surface area contributed by atoms with Crippen molar-refractivity contribution in [1.82, 2.24) is 9.88 Å². The van der Waals surface area contributed by atoms with E-state index in [9.17, 15) is 4.79 Å². The first-order valence-electron chi connectivity index (χ1n) is 7.51. The van der Waals surface area contributed by atoms with Gasteiger partial charge in [0.1, 0.15) is 0 Å². The molecule has 1 aromatic heterocycles. The molecule has 5 nitrogen and oxygen atoms in total. The summed E-state index contributed by atoms with van der Waals surface area (Å²) in [6.45, 7) is 2.12. The Bertz CT molecular complexity index is 607. The lowest BCUT2D eigenvalue weighted by molar-refractivity contribution is -0.128. The minimum atomic E-state index is 0.236. The molecule has 1 saturated heterocycles. The van der Waals surface area contributed by atoms with Crippen LogP contribution in [0.3, 0.4) is 0 Å². The molecule has 0 bridgehead atoms. The molecule has 0 saturated carbocycles. The van der Waals surface area contributed by atoms with Crippen molar-refractivity contribution in [2.75, 3.05) is 26.8 Å². The lowest BCUT2D eigenvalue weighted by atomic mass is 9.97. The highest BCUT2D eigenvalue weighted by Crippen LogP contribution is 2.24. The standard InChI is InChI=1S/C17H20N2O3/c1-21-7-6-19-11-14(9-17(19)20)8-13-2-4-15(5-3-13)16-10-18-12-22-16/h2-5,10,12,14H,6-9,11H2,1H3. The first-order chi connectivity index (χ1) is 10.8. The number of rotatable bonds is 6. The van der Waals surface area contributed by atoms with Crippen molar-refractivity contribution >= 4 is 5.91 Å². The number of hydrogen-bond acceptors (Lipinski definition) is 4. The smallest absolute Gasteiger partial charge is 0.223 e. The fourth-order valence-electron chi connectivity index (χ4n) is 2.91. The van der Waals surface area contributed by atoms with Gasteiger partial charge < -0.3 is 14.1 Å². The van der Waals surface area contributed by atoms with Crippen molar-refractivity contribution in [2.45, 2.75) is 12.8 Å². The highest BCUT2D eigenvalue weighted by atomic mass is 16.5. The molecule has 0 N–H and O–H groups in total. The zero-order valence-corrected chi connectivity index (χ0v) is 12.7. The van der Waals surface area contributed by atoms with Gasteiger partial charge in [0.25, 0.3) is 0 Å². The van der Waals surface area contributed by atoms with Crippen molar-refractivity contribution in [3.05, 3.63) is 42.4 Å². The number of methoxy groups -OCH3 is 1. The van der Waals surface area contributed by atoms with Gasteiger partial charge in [-0.05, 0) is 17.9 Å². The fourth-order valence-corrected chi connectivity index (χ4v) is 2.91. The first kappa shape index (κ1) is 14.8. The number of benzene rings is 1. The van der Waals surface area contributed by atoms with Crippen LogP contribution in [0.4, 0.5) is 0 Å². The van der Waals surface area contributed by atoms with Crippen LogP contribution in [0, 0.1) is 5.92 Å². The maximum absolute atomic E-state index is 11.9. The van der Waals surface area contributed by atoms with E-state index < -0.39 is 0 Å². The van der Waals surface area contributed by atoms with E-state index in [1.54, 1.807) is 13.3 Å². The van der Waals surface area contributed by atoms with Gasteiger partial charge in [-0.25, -0.2) is 4.98 Å². The number of oxazole rings is 1. The van der Waals surface area contributed by atoms with Gasteiger partial charge in [-0.2, -0.15) is 0 Å². The van der Waals surface area contributed by atoms with Gasteiger partial charge in [-0.3, -0.25) is 4.79 Å². The third kappa shape index (κ3) is 3.36. The Morgan fingerprint density at radius 1 is 1.36 bits per heavy atom. The van der Waals surface area contributed by atoms with Crippen LogP contribution >= 0.6 is 0 Å². The zero-order valence-electron chi connectivity index (χ0n) is 12.7. The van der Waals surface area contributed by atoms with Crippen molar-refractivity contribution in [3.63, 3.8) is 0 Å². The van der Waals surface area contributed by atoms with Crippen LogP contribution in [-0.2, 0) is 16.0 Å². The molecule has 0 radical (unpaired) electrons. The number of likely N-dealkylation sites (tertiary alicyclic amines) is 1. The van der Waals surface area contributed by atoms with Gasteiger partial charge in [-0.15, -0.1) is 0 Å². The number of hydrogen-bond donors (Lipinski definition) is 0. The second kappa shape index (κ2) is 6.75. The molecule has 5 heteroatoms. The van der Waals surface area contributed by atoms with Crippen LogP contribution in [0.1, 0.15) is 12.0 Å². The minimum absolute atomic E-state index is 0.236. The number of carbonyl (C=O) groups is 1. The van der Waals surface area contributed by atoms with Crippen molar-refractivity contribution in [3.8, 4) is 11.3 Å². The fraction of sp³-hybridized carbons (Fsp3) is 0.412. The summed E-state index contributed by atoms with van der Waals surface area (Å²) in [4.78, 5) is 17.8. The summed E-state index contributed by atoms with van der Waals surface area (Å²) in [6.07, 6.45) is 4.69. The molecule has 1 unspecified atom stereocenters. The Labute approximate surface area is 129 Å². The molecular weight excluding hydrogens is 280 g/mol. The molecule has 116 valence electrons. The van der Waals surface area contributed by atoms with Crippen molar-refractivity contribution in [1.29, 1.82) is 0 Å². The molecular formula is C17H20N2O3. The molecule has 1 amide bonds. The van der Waals surface area contributed by atoms with Crippen LogP contribution in [-0.4, -0.2) is 42.6 Å². The third-order valence-corrected chi connectivity index (χ3v) is 4.06. The summed E-state index contributed by atoms with van der Waals surface area (Å²) in [6, 6.07) is 8.27. The molecule has 1 aliphatic rings. The number of aromatic nitrogens is 1. The summed E-state index contributed by atoms with van der Waals surface area (Å²) in [5, 5.41) is 0. The predicted octanol–water partition coefficient (Wildman–Crippen LogP) is 2.38. The third-order valence-electron chi connectivity index (χ3n) is 4.06. The Morgan fingerprint density at radius 2 is 2.18 bits per heavy atom. The Balaban J connectivity index is 1.58. The highest BCUT2D eigenvalue weighted by molar-refractivity contribution is 5.78. The average molecular weight is 300 g/mol. The summed E-state index contributed by atoms with van der Waals surface area (Å²) in [5.41, 5.74) is 2.26. The van der Waals surface area contributed by atoms with E-state index in [1.165, 1.54) is 12.0 Å².